The Hall–Kier alpha value is -2.84. The molecule has 152 valence electrons. The summed E-state index contributed by atoms with van der Waals surface area (Å²) in [6.07, 6.45) is -0.780. The fourth-order valence-corrected chi connectivity index (χ4v) is 3.78. The average molecular weight is 532 g/mol. The third-order valence-corrected chi connectivity index (χ3v) is 5.44. The first-order valence-corrected chi connectivity index (χ1v) is 10.6. The number of carbonyl (C=O) groups is 2. The lowest BCUT2D eigenvalue weighted by Crippen LogP contribution is -2.41. The van der Waals surface area contributed by atoms with Gasteiger partial charge in [-0.3, -0.25) is 9.59 Å². The van der Waals surface area contributed by atoms with Crippen LogP contribution >= 0.6 is 31.9 Å². The van der Waals surface area contributed by atoms with Crippen molar-refractivity contribution in [3.63, 3.8) is 0 Å². The number of amides is 2. The van der Waals surface area contributed by atoms with Gasteiger partial charge in [-0.1, -0.05) is 50.1 Å². The average Bonchev–Trinajstić information content (AvgIpc) is 3.21. The Labute approximate surface area is 189 Å². The van der Waals surface area contributed by atoms with E-state index < -0.39 is 6.17 Å². The molecule has 0 aromatic heterocycles. The summed E-state index contributed by atoms with van der Waals surface area (Å²) in [4.78, 5) is 25.7. The monoisotopic (exact) mass is 530 g/mol. The summed E-state index contributed by atoms with van der Waals surface area (Å²) in [7, 11) is 0. The Morgan fingerprint density at radius 3 is 1.90 bits per heavy atom. The van der Waals surface area contributed by atoms with Crippen molar-refractivity contribution in [2.45, 2.75) is 6.17 Å². The largest absolute Gasteiger partial charge is 0.454 e. The SMILES string of the molecule is O=C(NC(NC(=O)c1cccc(Br)c1)c1ccc2c(c1)OCO2)c1cccc(Br)c1. The lowest BCUT2D eigenvalue weighted by atomic mass is 10.1. The van der Waals surface area contributed by atoms with E-state index in [0.717, 1.165) is 8.95 Å². The zero-order valence-corrected chi connectivity index (χ0v) is 18.7. The smallest absolute Gasteiger partial charge is 0.253 e. The fourth-order valence-electron chi connectivity index (χ4n) is 2.98. The minimum absolute atomic E-state index is 0.137. The number of fused-ring (bicyclic) bond motifs is 1. The molecule has 4 rings (SSSR count). The molecule has 3 aromatic carbocycles. The van der Waals surface area contributed by atoms with E-state index in [1.165, 1.54) is 0 Å². The van der Waals surface area contributed by atoms with Gasteiger partial charge >= 0.3 is 0 Å². The van der Waals surface area contributed by atoms with Gasteiger partial charge in [-0.2, -0.15) is 0 Å². The third kappa shape index (κ3) is 4.66. The molecule has 1 aliphatic rings. The van der Waals surface area contributed by atoms with Gasteiger partial charge in [0.1, 0.15) is 6.17 Å². The van der Waals surface area contributed by atoms with Crippen LogP contribution in [0, 0.1) is 0 Å². The van der Waals surface area contributed by atoms with Crippen molar-refractivity contribution in [1.29, 1.82) is 0 Å². The van der Waals surface area contributed by atoms with Crippen LogP contribution in [0.5, 0.6) is 11.5 Å². The van der Waals surface area contributed by atoms with Gasteiger partial charge < -0.3 is 20.1 Å². The lowest BCUT2D eigenvalue weighted by molar-refractivity contribution is 0.0883. The van der Waals surface area contributed by atoms with E-state index in [-0.39, 0.29) is 18.6 Å². The van der Waals surface area contributed by atoms with Crippen LogP contribution in [0.2, 0.25) is 0 Å². The summed E-state index contributed by atoms with van der Waals surface area (Å²) >= 11 is 6.74. The molecule has 2 N–H and O–H groups in total. The molecule has 0 saturated carbocycles. The van der Waals surface area contributed by atoms with E-state index in [2.05, 4.69) is 42.5 Å². The van der Waals surface area contributed by atoms with E-state index in [1.54, 1.807) is 54.6 Å². The summed E-state index contributed by atoms with van der Waals surface area (Å²) in [5, 5.41) is 5.77. The molecule has 0 unspecified atom stereocenters. The third-order valence-electron chi connectivity index (χ3n) is 4.45. The van der Waals surface area contributed by atoms with E-state index in [1.807, 2.05) is 12.1 Å². The molecule has 1 heterocycles. The number of halogens is 2. The first-order valence-electron chi connectivity index (χ1n) is 9.02. The van der Waals surface area contributed by atoms with Gasteiger partial charge in [-0.05, 0) is 54.1 Å². The number of nitrogens with one attached hydrogen (secondary N) is 2. The van der Waals surface area contributed by atoms with Crippen LogP contribution in [0.3, 0.4) is 0 Å². The summed E-state index contributed by atoms with van der Waals surface area (Å²) in [6, 6.07) is 19.3. The molecular weight excluding hydrogens is 516 g/mol. The molecule has 30 heavy (non-hydrogen) atoms. The van der Waals surface area contributed by atoms with Gasteiger partial charge in [0.25, 0.3) is 11.8 Å². The molecule has 6 nitrogen and oxygen atoms in total. The lowest BCUT2D eigenvalue weighted by Gasteiger charge is -2.21. The minimum Gasteiger partial charge on any atom is -0.454 e. The zero-order chi connectivity index (χ0) is 21.1. The normalized spacial score (nSPS) is 12.0. The number of rotatable bonds is 5. The standard InChI is InChI=1S/C22H16Br2N2O4/c23-16-5-1-3-14(9-16)21(27)25-20(13-7-8-18-19(11-13)30-12-29-18)26-22(28)15-4-2-6-17(24)10-15/h1-11,20H,12H2,(H,25,27)(H,26,28). The first kappa shape index (κ1) is 20.4. The number of benzene rings is 3. The molecule has 0 radical (unpaired) electrons. The van der Waals surface area contributed by atoms with Crippen LogP contribution in [0.15, 0.2) is 75.7 Å². The number of carbonyl (C=O) groups excluding carboxylic acids is 2. The van der Waals surface area contributed by atoms with Crippen LogP contribution in [0.4, 0.5) is 0 Å². The molecular formula is C22H16Br2N2O4. The Morgan fingerprint density at radius 2 is 1.33 bits per heavy atom. The molecule has 0 bridgehead atoms. The van der Waals surface area contributed by atoms with E-state index in [9.17, 15) is 9.59 Å². The summed E-state index contributed by atoms with van der Waals surface area (Å²) in [6.45, 7) is 0.137. The Balaban J connectivity index is 1.62. The number of hydrogen-bond donors (Lipinski definition) is 2. The summed E-state index contributed by atoms with van der Waals surface area (Å²) < 4.78 is 12.4. The Morgan fingerprint density at radius 1 is 0.767 bits per heavy atom. The molecule has 0 spiro atoms. The van der Waals surface area contributed by atoms with Crippen molar-refractivity contribution in [1.82, 2.24) is 10.6 Å². The van der Waals surface area contributed by atoms with Gasteiger partial charge in [-0.15, -0.1) is 0 Å². The van der Waals surface area contributed by atoms with Crippen molar-refractivity contribution in [3.05, 3.63) is 92.4 Å². The minimum atomic E-state index is -0.780. The molecule has 0 saturated heterocycles. The highest BCUT2D eigenvalue weighted by atomic mass is 79.9. The molecule has 0 aliphatic carbocycles. The van der Waals surface area contributed by atoms with Gasteiger partial charge in [0, 0.05) is 20.1 Å². The van der Waals surface area contributed by atoms with Crippen LogP contribution in [0.1, 0.15) is 32.4 Å². The van der Waals surface area contributed by atoms with Gasteiger partial charge in [0.05, 0.1) is 0 Å². The predicted octanol–water partition coefficient (Wildman–Crippen LogP) is 4.80. The fraction of sp³-hybridized carbons (Fsp3) is 0.0909. The second-order valence-corrected chi connectivity index (χ2v) is 8.34. The Kier molecular flexibility index (Phi) is 6.06. The maximum absolute atomic E-state index is 12.8. The molecule has 2 amide bonds. The molecule has 3 aromatic rings. The number of ether oxygens (including phenoxy) is 2. The second kappa shape index (κ2) is 8.89. The highest BCUT2D eigenvalue weighted by Crippen LogP contribution is 2.34. The Bertz CT molecular complexity index is 1060. The second-order valence-electron chi connectivity index (χ2n) is 6.51. The van der Waals surface area contributed by atoms with E-state index in [0.29, 0.717) is 28.2 Å². The van der Waals surface area contributed by atoms with E-state index in [4.69, 9.17) is 9.47 Å². The van der Waals surface area contributed by atoms with Gasteiger partial charge in [0.2, 0.25) is 6.79 Å². The summed E-state index contributed by atoms with van der Waals surface area (Å²) in [5.74, 6) is 0.530. The van der Waals surface area contributed by atoms with Crippen LogP contribution in [-0.2, 0) is 0 Å². The highest BCUT2D eigenvalue weighted by Gasteiger charge is 2.22. The van der Waals surface area contributed by atoms with Crippen molar-refractivity contribution < 1.29 is 19.1 Å². The topological polar surface area (TPSA) is 76.7 Å². The van der Waals surface area contributed by atoms with Crippen LogP contribution in [0.25, 0.3) is 0 Å². The molecule has 0 atom stereocenters. The first-order chi connectivity index (χ1) is 14.5. The van der Waals surface area contributed by atoms with Gasteiger partial charge in [-0.25, -0.2) is 0 Å². The highest BCUT2D eigenvalue weighted by molar-refractivity contribution is 9.10. The van der Waals surface area contributed by atoms with Crippen molar-refractivity contribution in [3.8, 4) is 11.5 Å². The zero-order valence-electron chi connectivity index (χ0n) is 15.5. The predicted molar refractivity (Wildman–Crippen MR) is 119 cm³/mol. The van der Waals surface area contributed by atoms with E-state index >= 15 is 0 Å². The molecule has 1 aliphatic heterocycles. The number of hydrogen-bond acceptors (Lipinski definition) is 4. The molecule has 0 fully saturated rings. The van der Waals surface area contributed by atoms with Crippen LogP contribution < -0.4 is 20.1 Å². The maximum Gasteiger partial charge on any atom is 0.253 e. The summed E-state index contributed by atoms with van der Waals surface area (Å²) in [5.41, 5.74) is 1.59. The molecule has 8 heteroatoms. The van der Waals surface area contributed by atoms with Crippen LogP contribution in [-0.4, -0.2) is 18.6 Å². The van der Waals surface area contributed by atoms with Gasteiger partial charge in [0.15, 0.2) is 11.5 Å². The quantitative estimate of drug-likeness (QED) is 0.464. The maximum atomic E-state index is 12.8. The van der Waals surface area contributed by atoms with Crippen molar-refractivity contribution in [2.75, 3.05) is 6.79 Å². The van der Waals surface area contributed by atoms with Crippen molar-refractivity contribution in [2.24, 2.45) is 0 Å². The van der Waals surface area contributed by atoms with Crippen molar-refractivity contribution >= 4 is 43.7 Å².